The first-order valence-corrected chi connectivity index (χ1v) is 4.90. The van der Waals surface area contributed by atoms with Gasteiger partial charge in [0.25, 0.3) is 0 Å². The number of thioether (sulfide) groups is 2. The van der Waals surface area contributed by atoms with Crippen LogP contribution in [-0.2, 0) is 0 Å². The molecule has 0 atom stereocenters. The summed E-state index contributed by atoms with van der Waals surface area (Å²) in [6, 6.07) is 0. The molecule has 0 unspecified atom stereocenters. The fraction of sp³-hybridized carbons (Fsp3) is 0.667. The molecular formula is C6H8N2S2. The molecule has 0 radical (unpaired) electrons. The number of unbranched alkanes of at least 4 members (excludes halogenated alkanes) is 1. The first kappa shape index (κ1) is 9.68. The van der Waals surface area contributed by atoms with E-state index in [4.69, 9.17) is 10.5 Å². The van der Waals surface area contributed by atoms with Gasteiger partial charge in [0, 0.05) is 11.5 Å². The van der Waals surface area contributed by atoms with Crippen LogP contribution in [-0.4, -0.2) is 11.5 Å². The highest BCUT2D eigenvalue weighted by molar-refractivity contribution is 8.04. The summed E-state index contributed by atoms with van der Waals surface area (Å²) in [5.41, 5.74) is 0. The summed E-state index contributed by atoms with van der Waals surface area (Å²) in [6.07, 6.45) is 2.07. The minimum Gasteiger partial charge on any atom is -0.185 e. The normalized spacial score (nSPS) is 8.20. The van der Waals surface area contributed by atoms with Gasteiger partial charge in [0.1, 0.15) is 10.8 Å². The molecule has 0 saturated heterocycles. The van der Waals surface area contributed by atoms with E-state index < -0.39 is 0 Å². The number of hydrogen-bond acceptors (Lipinski definition) is 4. The van der Waals surface area contributed by atoms with Crippen molar-refractivity contribution in [1.29, 1.82) is 10.5 Å². The summed E-state index contributed by atoms with van der Waals surface area (Å²) >= 11 is 2.56. The van der Waals surface area contributed by atoms with E-state index in [-0.39, 0.29) is 0 Å². The van der Waals surface area contributed by atoms with Crippen molar-refractivity contribution in [3.05, 3.63) is 0 Å². The molecular weight excluding hydrogens is 164 g/mol. The van der Waals surface area contributed by atoms with Crippen molar-refractivity contribution in [3.63, 3.8) is 0 Å². The Morgan fingerprint density at radius 2 is 1.30 bits per heavy atom. The highest BCUT2D eigenvalue weighted by Crippen LogP contribution is 2.05. The highest BCUT2D eigenvalue weighted by Gasteiger charge is 1.88. The molecule has 4 heteroatoms. The van der Waals surface area contributed by atoms with E-state index in [2.05, 4.69) is 0 Å². The van der Waals surface area contributed by atoms with Crippen LogP contribution in [0.1, 0.15) is 12.8 Å². The van der Waals surface area contributed by atoms with Crippen LogP contribution in [0.3, 0.4) is 0 Å². The summed E-state index contributed by atoms with van der Waals surface area (Å²) in [5.74, 6) is 1.78. The molecule has 0 aromatic carbocycles. The Bertz CT molecular complexity index is 127. The van der Waals surface area contributed by atoms with Gasteiger partial charge >= 0.3 is 0 Å². The van der Waals surface area contributed by atoms with Crippen molar-refractivity contribution in [1.82, 2.24) is 0 Å². The molecule has 2 nitrogen and oxygen atoms in total. The predicted octanol–water partition coefficient (Wildman–Crippen LogP) is 2.20. The fourth-order valence-corrected chi connectivity index (χ4v) is 1.32. The molecule has 0 aliphatic carbocycles. The van der Waals surface area contributed by atoms with Crippen molar-refractivity contribution in [2.75, 3.05) is 11.5 Å². The van der Waals surface area contributed by atoms with Crippen molar-refractivity contribution in [2.45, 2.75) is 12.8 Å². The Hall–Kier alpha value is -0.320. The van der Waals surface area contributed by atoms with Crippen LogP contribution in [0.4, 0.5) is 0 Å². The summed E-state index contributed by atoms with van der Waals surface area (Å²) in [7, 11) is 0. The van der Waals surface area contributed by atoms with Gasteiger partial charge in [0.2, 0.25) is 0 Å². The molecule has 0 aliphatic rings. The maximum atomic E-state index is 8.12. The van der Waals surface area contributed by atoms with E-state index in [0.717, 1.165) is 24.3 Å². The van der Waals surface area contributed by atoms with Gasteiger partial charge in [-0.2, -0.15) is 10.5 Å². The van der Waals surface area contributed by atoms with Gasteiger partial charge < -0.3 is 0 Å². The number of thiocyanates is 2. The summed E-state index contributed by atoms with van der Waals surface area (Å²) in [6.45, 7) is 0. The van der Waals surface area contributed by atoms with Crippen LogP contribution in [0, 0.1) is 21.3 Å². The largest absolute Gasteiger partial charge is 0.185 e. The standard InChI is InChI=1S/C6H8N2S2/c7-5-9-3-1-2-4-10-6-8/h1-4H2. The Labute approximate surface area is 69.6 Å². The summed E-state index contributed by atoms with van der Waals surface area (Å²) in [4.78, 5) is 0. The first-order valence-electron chi connectivity index (χ1n) is 2.93. The Balaban J connectivity index is 2.80. The molecule has 0 fully saturated rings. The van der Waals surface area contributed by atoms with Crippen LogP contribution < -0.4 is 0 Å². The van der Waals surface area contributed by atoms with E-state index >= 15 is 0 Å². The molecule has 0 aromatic heterocycles. The first-order chi connectivity index (χ1) is 4.91. The zero-order valence-corrected chi connectivity index (χ0v) is 7.17. The van der Waals surface area contributed by atoms with E-state index in [1.807, 2.05) is 10.8 Å². The van der Waals surface area contributed by atoms with Crippen molar-refractivity contribution < 1.29 is 0 Å². The maximum Gasteiger partial charge on any atom is 0.133 e. The smallest absolute Gasteiger partial charge is 0.133 e. The number of rotatable bonds is 5. The van der Waals surface area contributed by atoms with E-state index in [9.17, 15) is 0 Å². The number of nitrogens with zero attached hydrogens (tertiary/aromatic N) is 2. The van der Waals surface area contributed by atoms with Crippen LogP contribution in [0.25, 0.3) is 0 Å². The fourth-order valence-electron chi connectivity index (χ4n) is 0.440. The lowest BCUT2D eigenvalue weighted by Gasteiger charge is -1.91. The zero-order valence-electron chi connectivity index (χ0n) is 5.54. The molecule has 10 heavy (non-hydrogen) atoms. The van der Waals surface area contributed by atoms with Crippen molar-refractivity contribution >= 4 is 23.5 Å². The lowest BCUT2D eigenvalue weighted by atomic mass is 10.4. The third-order valence-electron chi connectivity index (χ3n) is 0.872. The Kier molecular flexibility index (Phi) is 8.40. The molecule has 0 N–H and O–H groups in total. The lowest BCUT2D eigenvalue weighted by molar-refractivity contribution is 0.910. The van der Waals surface area contributed by atoms with E-state index in [0.29, 0.717) is 0 Å². The van der Waals surface area contributed by atoms with E-state index in [1.165, 1.54) is 23.5 Å². The minimum absolute atomic E-state index is 0.891. The SMILES string of the molecule is N#CSCCCCSC#N. The van der Waals surface area contributed by atoms with Crippen molar-refractivity contribution in [3.8, 4) is 10.8 Å². The molecule has 0 bridgehead atoms. The average Bonchev–Trinajstić information content (AvgIpc) is 1.97. The molecule has 0 heterocycles. The van der Waals surface area contributed by atoms with Gasteiger partial charge in [-0.05, 0) is 36.4 Å². The number of nitriles is 2. The van der Waals surface area contributed by atoms with Gasteiger partial charge in [-0.15, -0.1) is 0 Å². The van der Waals surface area contributed by atoms with Crippen LogP contribution in [0.2, 0.25) is 0 Å². The second-order valence-electron chi connectivity index (χ2n) is 1.59. The zero-order chi connectivity index (χ0) is 7.66. The Morgan fingerprint density at radius 3 is 1.60 bits per heavy atom. The third kappa shape index (κ3) is 7.68. The molecule has 0 aliphatic heterocycles. The van der Waals surface area contributed by atoms with Gasteiger partial charge in [0.05, 0.1) is 0 Å². The monoisotopic (exact) mass is 172 g/mol. The average molecular weight is 172 g/mol. The molecule has 54 valence electrons. The third-order valence-corrected chi connectivity index (χ3v) is 2.12. The lowest BCUT2D eigenvalue weighted by Crippen LogP contribution is -1.80. The molecule has 0 aromatic rings. The second-order valence-corrected chi connectivity index (χ2v) is 3.35. The minimum atomic E-state index is 0.891. The van der Waals surface area contributed by atoms with Gasteiger partial charge in [-0.25, -0.2) is 0 Å². The maximum absolute atomic E-state index is 8.12. The van der Waals surface area contributed by atoms with Gasteiger partial charge in [-0.3, -0.25) is 0 Å². The predicted molar refractivity (Wildman–Crippen MR) is 45.4 cm³/mol. The van der Waals surface area contributed by atoms with Crippen LogP contribution in [0.15, 0.2) is 0 Å². The molecule has 0 rings (SSSR count). The second kappa shape index (κ2) is 8.68. The molecule has 0 saturated carbocycles. The van der Waals surface area contributed by atoms with Gasteiger partial charge in [0.15, 0.2) is 0 Å². The van der Waals surface area contributed by atoms with Crippen molar-refractivity contribution in [2.24, 2.45) is 0 Å². The molecule has 0 amide bonds. The van der Waals surface area contributed by atoms with Gasteiger partial charge in [-0.1, -0.05) is 0 Å². The summed E-state index contributed by atoms with van der Waals surface area (Å²) in [5, 5.41) is 20.3. The topological polar surface area (TPSA) is 47.6 Å². The number of hydrogen-bond donors (Lipinski definition) is 0. The highest BCUT2D eigenvalue weighted by atomic mass is 32.2. The summed E-state index contributed by atoms with van der Waals surface area (Å²) < 4.78 is 0. The van der Waals surface area contributed by atoms with E-state index in [1.54, 1.807) is 0 Å². The quantitative estimate of drug-likeness (QED) is 0.471. The van der Waals surface area contributed by atoms with Crippen LogP contribution >= 0.6 is 23.5 Å². The Morgan fingerprint density at radius 1 is 0.900 bits per heavy atom. The molecule has 0 spiro atoms. The van der Waals surface area contributed by atoms with Crippen LogP contribution in [0.5, 0.6) is 0 Å².